The Morgan fingerprint density at radius 3 is 2.64 bits per heavy atom. The molecule has 2 aromatic carbocycles. The van der Waals surface area contributed by atoms with Gasteiger partial charge < -0.3 is 14.2 Å². The van der Waals surface area contributed by atoms with Gasteiger partial charge in [0, 0.05) is 26.1 Å². The molecule has 1 saturated heterocycles. The standard InChI is InChI=1S/C25H29NO5S2/c1-29-22-7-9-25(10-8-22)33(27,28)26(18-24-6-3-13-30-24)17-21-4-2-5-23(16-21)31-14-11-20-12-15-32-19-20/h2,4-5,7-10,12,15-16,19,24H,3,6,11,13-14,17-18H2,1H3. The molecule has 4 rings (SSSR count). The molecule has 1 unspecified atom stereocenters. The van der Waals surface area contributed by atoms with E-state index in [1.807, 2.05) is 24.3 Å². The molecule has 3 aromatic rings. The van der Waals surface area contributed by atoms with E-state index in [4.69, 9.17) is 14.2 Å². The molecule has 2 heterocycles. The molecule has 0 saturated carbocycles. The van der Waals surface area contributed by atoms with E-state index >= 15 is 0 Å². The summed E-state index contributed by atoms with van der Waals surface area (Å²) in [6.45, 7) is 1.81. The van der Waals surface area contributed by atoms with Crippen molar-refractivity contribution in [1.82, 2.24) is 4.31 Å². The lowest BCUT2D eigenvalue weighted by Gasteiger charge is -2.25. The monoisotopic (exact) mass is 487 g/mol. The van der Waals surface area contributed by atoms with Crippen molar-refractivity contribution in [2.75, 3.05) is 26.9 Å². The number of hydrogen-bond acceptors (Lipinski definition) is 6. The number of hydrogen-bond donors (Lipinski definition) is 0. The van der Waals surface area contributed by atoms with Gasteiger partial charge in [0.05, 0.1) is 24.7 Å². The number of sulfonamides is 1. The highest BCUT2D eigenvalue weighted by atomic mass is 32.2. The summed E-state index contributed by atoms with van der Waals surface area (Å²) in [6.07, 6.45) is 2.56. The van der Waals surface area contributed by atoms with Crippen molar-refractivity contribution in [3.63, 3.8) is 0 Å². The summed E-state index contributed by atoms with van der Waals surface area (Å²) in [4.78, 5) is 0.240. The van der Waals surface area contributed by atoms with Gasteiger partial charge in [0.1, 0.15) is 11.5 Å². The van der Waals surface area contributed by atoms with Gasteiger partial charge in [-0.25, -0.2) is 8.42 Å². The molecule has 0 radical (unpaired) electrons. The second kappa shape index (κ2) is 11.2. The lowest BCUT2D eigenvalue weighted by Crippen LogP contribution is -2.37. The van der Waals surface area contributed by atoms with E-state index in [0.29, 0.717) is 25.5 Å². The van der Waals surface area contributed by atoms with Gasteiger partial charge in [-0.2, -0.15) is 15.6 Å². The van der Waals surface area contributed by atoms with E-state index in [1.165, 1.54) is 9.87 Å². The van der Waals surface area contributed by atoms with Crippen molar-refractivity contribution in [1.29, 1.82) is 0 Å². The van der Waals surface area contributed by atoms with Gasteiger partial charge in [0.2, 0.25) is 10.0 Å². The Hall–Kier alpha value is -2.39. The lowest BCUT2D eigenvalue weighted by molar-refractivity contribution is 0.0926. The SMILES string of the molecule is COc1ccc(S(=O)(=O)N(Cc2cccc(OCCc3ccsc3)c2)CC2CCCO2)cc1. The minimum Gasteiger partial charge on any atom is -0.497 e. The summed E-state index contributed by atoms with van der Waals surface area (Å²) in [7, 11) is -2.15. The van der Waals surface area contributed by atoms with Crippen LogP contribution in [0.15, 0.2) is 70.3 Å². The molecule has 1 aliphatic rings. The second-order valence-corrected chi connectivity index (χ2v) is 10.7. The van der Waals surface area contributed by atoms with Crippen LogP contribution in [0.2, 0.25) is 0 Å². The minimum atomic E-state index is -3.71. The first-order valence-electron chi connectivity index (χ1n) is 11.0. The van der Waals surface area contributed by atoms with Crippen LogP contribution in [0.5, 0.6) is 11.5 Å². The van der Waals surface area contributed by atoms with E-state index in [1.54, 1.807) is 42.7 Å². The van der Waals surface area contributed by atoms with E-state index in [9.17, 15) is 8.42 Å². The van der Waals surface area contributed by atoms with Gasteiger partial charge in [0.25, 0.3) is 0 Å². The first kappa shape index (κ1) is 23.8. The number of benzene rings is 2. The van der Waals surface area contributed by atoms with Crippen LogP contribution in [-0.2, 0) is 27.7 Å². The molecule has 0 spiro atoms. The second-order valence-electron chi connectivity index (χ2n) is 7.99. The molecule has 1 aliphatic heterocycles. The van der Waals surface area contributed by atoms with Gasteiger partial charge >= 0.3 is 0 Å². The molecule has 1 fully saturated rings. The number of methoxy groups -OCH3 is 1. The third-order valence-corrected chi connectivity index (χ3v) is 8.18. The van der Waals surface area contributed by atoms with Crippen molar-refractivity contribution in [2.24, 2.45) is 0 Å². The van der Waals surface area contributed by atoms with Crippen LogP contribution in [-0.4, -0.2) is 45.7 Å². The van der Waals surface area contributed by atoms with E-state index in [2.05, 4.69) is 16.8 Å². The van der Waals surface area contributed by atoms with Crippen molar-refractivity contribution in [3.05, 3.63) is 76.5 Å². The summed E-state index contributed by atoms with van der Waals surface area (Å²) in [5, 5.41) is 4.18. The fourth-order valence-electron chi connectivity index (χ4n) is 3.82. The van der Waals surface area contributed by atoms with E-state index < -0.39 is 10.0 Å². The van der Waals surface area contributed by atoms with Crippen molar-refractivity contribution in [2.45, 2.75) is 36.8 Å². The van der Waals surface area contributed by atoms with Gasteiger partial charge in [-0.05, 0) is 77.2 Å². The molecule has 0 amide bonds. The Balaban J connectivity index is 1.49. The third-order valence-electron chi connectivity index (χ3n) is 5.63. The highest BCUT2D eigenvalue weighted by molar-refractivity contribution is 7.89. The first-order chi connectivity index (χ1) is 16.0. The fourth-order valence-corrected chi connectivity index (χ4v) is 5.98. The molecular formula is C25H29NO5S2. The molecular weight excluding hydrogens is 458 g/mol. The van der Waals surface area contributed by atoms with Crippen LogP contribution in [0, 0.1) is 0 Å². The molecule has 0 N–H and O–H groups in total. The zero-order chi connectivity index (χ0) is 23.1. The predicted molar refractivity (Wildman–Crippen MR) is 130 cm³/mol. The largest absolute Gasteiger partial charge is 0.497 e. The Morgan fingerprint density at radius 1 is 1.09 bits per heavy atom. The maximum Gasteiger partial charge on any atom is 0.243 e. The average molecular weight is 488 g/mol. The number of nitrogens with zero attached hydrogens (tertiary/aromatic N) is 1. The van der Waals surface area contributed by atoms with Gasteiger partial charge in [0.15, 0.2) is 0 Å². The zero-order valence-corrected chi connectivity index (χ0v) is 20.3. The van der Waals surface area contributed by atoms with Crippen LogP contribution < -0.4 is 9.47 Å². The first-order valence-corrected chi connectivity index (χ1v) is 13.4. The number of rotatable bonds is 11. The fraction of sp³-hybridized carbons (Fsp3) is 0.360. The summed E-state index contributed by atoms with van der Waals surface area (Å²) in [5.41, 5.74) is 2.13. The zero-order valence-electron chi connectivity index (χ0n) is 18.7. The average Bonchev–Trinajstić information content (AvgIpc) is 3.53. The summed E-state index contributed by atoms with van der Waals surface area (Å²) < 4.78 is 45.4. The lowest BCUT2D eigenvalue weighted by atomic mass is 10.2. The Bertz CT molecular complexity index is 1110. The molecule has 6 nitrogen and oxygen atoms in total. The molecule has 8 heteroatoms. The Morgan fingerprint density at radius 2 is 1.94 bits per heavy atom. The predicted octanol–water partition coefficient (Wildman–Crippen LogP) is 4.75. The summed E-state index contributed by atoms with van der Waals surface area (Å²) in [6, 6.07) is 16.2. The topological polar surface area (TPSA) is 65.1 Å². The van der Waals surface area contributed by atoms with Crippen molar-refractivity contribution >= 4 is 21.4 Å². The van der Waals surface area contributed by atoms with Crippen LogP contribution >= 0.6 is 11.3 Å². The highest BCUT2D eigenvalue weighted by Gasteiger charge is 2.29. The third kappa shape index (κ3) is 6.35. The smallest absolute Gasteiger partial charge is 0.243 e. The van der Waals surface area contributed by atoms with E-state index in [-0.39, 0.29) is 17.5 Å². The number of ether oxygens (including phenoxy) is 3. The van der Waals surface area contributed by atoms with Gasteiger partial charge in [-0.3, -0.25) is 0 Å². The van der Waals surface area contributed by atoms with Gasteiger partial charge in [-0.1, -0.05) is 12.1 Å². The molecule has 33 heavy (non-hydrogen) atoms. The highest BCUT2D eigenvalue weighted by Crippen LogP contribution is 2.25. The Kier molecular flexibility index (Phi) is 8.03. The van der Waals surface area contributed by atoms with Gasteiger partial charge in [-0.15, -0.1) is 0 Å². The molecule has 1 atom stereocenters. The maximum atomic E-state index is 13.5. The molecule has 0 bridgehead atoms. The van der Waals surface area contributed by atoms with Crippen molar-refractivity contribution < 1.29 is 22.6 Å². The molecule has 0 aliphatic carbocycles. The molecule has 176 valence electrons. The summed E-state index contributed by atoms with van der Waals surface area (Å²) >= 11 is 1.68. The summed E-state index contributed by atoms with van der Waals surface area (Å²) in [5.74, 6) is 1.36. The minimum absolute atomic E-state index is 0.0944. The van der Waals surface area contributed by atoms with E-state index in [0.717, 1.165) is 30.6 Å². The molecule has 1 aromatic heterocycles. The maximum absolute atomic E-state index is 13.5. The quantitative estimate of drug-likeness (QED) is 0.391. The van der Waals surface area contributed by atoms with Crippen LogP contribution in [0.4, 0.5) is 0 Å². The Labute approximate surface area is 199 Å². The van der Waals surface area contributed by atoms with Crippen molar-refractivity contribution in [3.8, 4) is 11.5 Å². The van der Waals surface area contributed by atoms with Crippen LogP contribution in [0.3, 0.4) is 0 Å². The number of thiophene rings is 1. The van der Waals surface area contributed by atoms with Crippen LogP contribution in [0.25, 0.3) is 0 Å². The normalized spacial score (nSPS) is 16.2. The van der Waals surface area contributed by atoms with Crippen LogP contribution in [0.1, 0.15) is 24.0 Å².